The first-order valence-corrected chi connectivity index (χ1v) is 3.48. The average molecular weight is 139 g/mol. The van der Waals surface area contributed by atoms with Gasteiger partial charge in [-0.3, -0.25) is 0 Å². The van der Waals surface area contributed by atoms with Gasteiger partial charge in [0.05, 0.1) is 12.5 Å². The summed E-state index contributed by atoms with van der Waals surface area (Å²) >= 11 is 1.10. The summed E-state index contributed by atoms with van der Waals surface area (Å²) in [7, 11) is 0. The monoisotopic (exact) mass is 139 g/mol. The number of hydrogen-bond acceptors (Lipinski definition) is 3. The molecule has 0 amide bonds. The Morgan fingerprint density at radius 2 is 2.38 bits per heavy atom. The van der Waals surface area contributed by atoms with E-state index < -0.39 is 0 Å². The third kappa shape index (κ3) is 6.20. The molecule has 0 heterocycles. The predicted octanol–water partition coefficient (Wildman–Crippen LogP) is 0.579. The molecular formula is C4H10FNOS. The quantitative estimate of drug-likeness (QED) is 0.447. The van der Waals surface area contributed by atoms with Crippen molar-refractivity contribution in [3.63, 3.8) is 0 Å². The van der Waals surface area contributed by atoms with E-state index in [0.29, 0.717) is 19.1 Å². The van der Waals surface area contributed by atoms with E-state index in [1.807, 2.05) is 0 Å². The molecule has 0 unspecified atom stereocenters. The molecule has 0 radical (unpaired) electrons. The van der Waals surface area contributed by atoms with Gasteiger partial charge in [-0.2, -0.15) is 0 Å². The fraction of sp³-hybridized carbons (Fsp3) is 1.00. The van der Waals surface area contributed by atoms with Crippen LogP contribution in [0.25, 0.3) is 0 Å². The van der Waals surface area contributed by atoms with Gasteiger partial charge in [0.2, 0.25) is 0 Å². The molecule has 0 aliphatic rings. The van der Waals surface area contributed by atoms with E-state index in [4.69, 9.17) is 10.5 Å². The lowest BCUT2D eigenvalue weighted by atomic mass is 10.7. The zero-order chi connectivity index (χ0) is 6.24. The molecule has 0 aromatic rings. The number of rotatable bonds is 5. The number of thioether (sulfide) groups is 1. The predicted molar refractivity (Wildman–Crippen MR) is 33.4 cm³/mol. The van der Waals surface area contributed by atoms with Crippen molar-refractivity contribution in [1.29, 1.82) is 0 Å². The van der Waals surface area contributed by atoms with Gasteiger partial charge in [0.25, 0.3) is 0 Å². The second-order valence-corrected chi connectivity index (χ2v) is 1.99. The van der Waals surface area contributed by atoms with Gasteiger partial charge in [-0.25, -0.2) is 4.39 Å². The maximum Gasteiger partial charge on any atom is 0.137 e. The Kier molecular flexibility index (Phi) is 7.38. The highest BCUT2D eigenvalue weighted by molar-refractivity contribution is 7.98. The molecule has 0 aromatic heterocycles. The van der Waals surface area contributed by atoms with Gasteiger partial charge < -0.3 is 10.5 Å². The van der Waals surface area contributed by atoms with Gasteiger partial charge in [0.1, 0.15) is 6.01 Å². The first-order chi connectivity index (χ1) is 3.91. The van der Waals surface area contributed by atoms with Crippen molar-refractivity contribution in [1.82, 2.24) is 0 Å². The van der Waals surface area contributed by atoms with Crippen LogP contribution in [0.4, 0.5) is 4.39 Å². The maximum absolute atomic E-state index is 11.3. The molecule has 2 N–H and O–H groups in total. The van der Waals surface area contributed by atoms with Crippen molar-refractivity contribution in [2.45, 2.75) is 0 Å². The van der Waals surface area contributed by atoms with Crippen LogP contribution < -0.4 is 5.73 Å². The zero-order valence-electron chi connectivity index (χ0n) is 4.60. The number of alkyl halides is 1. The zero-order valence-corrected chi connectivity index (χ0v) is 5.42. The molecule has 0 rings (SSSR count). The van der Waals surface area contributed by atoms with Crippen molar-refractivity contribution in [3.8, 4) is 0 Å². The summed E-state index contributed by atoms with van der Waals surface area (Å²) < 4.78 is 16.1. The molecule has 4 heteroatoms. The van der Waals surface area contributed by atoms with Crippen LogP contribution in [0.15, 0.2) is 0 Å². The molecular weight excluding hydrogens is 129 g/mol. The molecule has 0 bridgehead atoms. The van der Waals surface area contributed by atoms with Crippen molar-refractivity contribution in [3.05, 3.63) is 0 Å². The summed E-state index contributed by atoms with van der Waals surface area (Å²) in [6, 6.07) is -0.384. The summed E-state index contributed by atoms with van der Waals surface area (Å²) in [6.45, 7) is 1.03. The third-order valence-electron chi connectivity index (χ3n) is 0.506. The average Bonchev–Trinajstić information content (AvgIpc) is 1.81. The topological polar surface area (TPSA) is 35.2 Å². The van der Waals surface area contributed by atoms with Gasteiger partial charge in [0.15, 0.2) is 0 Å². The molecule has 2 nitrogen and oxygen atoms in total. The molecule has 0 saturated carbocycles. The number of ether oxygens (including phenoxy) is 1. The van der Waals surface area contributed by atoms with Crippen LogP contribution in [0.2, 0.25) is 0 Å². The van der Waals surface area contributed by atoms with Crippen LogP contribution in [0.1, 0.15) is 0 Å². The standard InChI is InChI=1S/C4H10FNOS/c5-3-8-4-7-2-1-6/h1-4,6H2. The van der Waals surface area contributed by atoms with Crippen LogP contribution in [-0.4, -0.2) is 25.1 Å². The van der Waals surface area contributed by atoms with Crippen LogP contribution in [0.3, 0.4) is 0 Å². The number of nitrogens with two attached hydrogens (primary N) is 1. The van der Waals surface area contributed by atoms with Crippen LogP contribution in [-0.2, 0) is 4.74 Å². The van der Waals surface area contributed by atoms with Crippen molar-refractivity contribution in [2.24, 2.45) is 5.73 Å². The van der Waals surface area contributed by atoms with Gasteiger partial charge >= 0.3 is 0 Å². The molecule has 0 aliphatic carbocycles. The van der Waals surface area contributed by atoms with Gasteiger partial charge in [-0.1, -0.05) is 0 Å². The van der Waals surface area contributed by atoms with Crippen LogP contribution in [0.5, 0.6) is 0 Å². The minimum absolute atomic E-state index is 0.384. The Hall–Kier alpha value is 0.200. The van der Waals surface area contributed by atoms with Crippen molar-refractivity contribution < 1.29 is 9.13 Å². The fourth-order valence-electron chi connectivity index (χ4n) is 0.233. The largest absolute Gasteiger partial charge is 0.369 e. The lowest BCUT2D eigenvalue weighted by molar-refractivity contribution is 0.191. The highest BCUT2D eigenvalue weighted by Crippen LogP contribution is 1.98. The van der Waals surface area contributed by atoms with Crippen molar-refractivity contribution in [2.75, 3.05) is 25.1 Å². The molecule has 0 atom stereocenters. The lowest BCUT2D eigenvalue weighted by Gasteiger charge is -1.96. The Bertz CT molecular complexity index is 41.0. The SMILES string of the molecule is NCCOCSCF. The maximum atomic E-state index is 11.3. The third-order valence-corrected chi connectivity index (χ3v) is 0.994. The van der Waals surface area contributed by atoms with Crippen molar-refractivity contribution >= 4 is 11.8 Å². The Balaban J connectivity index is 2.53. The Labute approximate surface area is 52.6 Å². The molecule has 0 fully saturated rings. The Morgan fingerprint density at radius 1 is 1.62 bits per heavy atom. The minimum Gasteiger partial charge on any atom is -0.369 e. The van der Waals surface area contributed by atoms with Crippen LogP contribution >= 0.6 is 11.8 Å². The normalized spacial score (nSPS) is 9.75. The second kappa shape index (κ2) is 7.20. The van der Waals surface area contributed by atoms with Gasteiger partial charge in [0, 0.05) is 6.54 Å². The van der Waals surface area contributed by atoms with E-state index in [9.17, 15) is 4.39 Å². The summed E-state index contributed by atoms with van der Waals surface area (Å²) in [4.78, 5) is 0. The molecule has 8 heavy (non-hydrogen) atoms. The van der Waals surface area contributed by atoms with Gasteiger partial charge in [-0.05, 0) is 0 Å². The minimum atomic E-state index is -0.384. The van der Waals surface area contributed by atoms with E-state index in [2.05, 4.69) is 0 Å². The van der Waals surface area contributed by atoms with Gasteiger partial charge in [-0.15, -0.1) is 11.8 Å². The van der Waals surface area contributed by atoms with E-state index in [1.54, 1.807) is 0 Å². The summed E-state index contributed by atoms with van der Waals surface area (Å²) in [5.74, 6) is 0.410. The van der Waals surface area contributed by atoms with E-state index in [-0.39, 0.29) is 6.01 Å². The number of hydrogen-bond donors (Lipinski definition) is 1. The number of halogens is 1. The first-order valence-electron chi connectivity index (χ1n) is 2.33. The molecule has 0 spiro atoms. The highest BCUT2D eigenvalue weighted by Gasteiger charge is 1.83. The van der Waals surface area contributed by atoms with Crippen LogP contribution in [0, 0.1) is 0 Å². The molecule has 0 aliphatic heterocycles. The molecule has 0 aromatic carbocycles. The Morgan fingerprint density at radius 3 is 2.88 bits per heavy atom. The highest BCUT2D eigenvalue weighted by atomic mass is 32.2. The fourth-order valence-corrected chi connectivity index (χ4v) is 0.531. The molecule has 50 valence electrons. The summed E-state index contributed by atoms with van der Waals surface area (Å²) in [5.41, 5.74) is 5.08. The van der Waals surface area contributed by atoms with E-state index in [1.165, 1.54) is 0 Å². The summed E-state index contributed by atoms with van der Waals surface area (Å²) in [6.07, 6.45) is 0. The van der Waals surface area contributed by atoms with E-state index >= 15 is 0 Å². The second-order valence-electron chi connectivity index (χ2n) is 1.13. The lowest BCUT2D eigenvalue weighted by Crippen LogP contribution is -2.07. The summed E-state index contributed by atoms with van der Waals surface area (Å²) in [5, 5.41) is 0. The first kappa shape index (κ1) is 8.20. The molecule has 0 saturated heterocycles. The smallest absolute Gasteiger partial charge is 0.137 e. The van der Waals surface area contributed by atoms with E-state index in [0.717, 1.165) is 11.8 Å².